The normalized spacial score (nSPS) is 35.7. The number of H-pyrrole nitrogens is 1. The maximum Gasteiger partial charge on any atom is 0.226 e. The fourth-order valence-corrected chi connectivity index (χ4v) is 7.10. The number of hydrogen-bond acceptors (Lipinski definition) is 3. The molecule has 0 aromatic carbocycles. The number of carbonyl (C=O) groups excluding carboxylic acids is 2. The van der Waals surface area contributed by atoms with E-state index in [0.29, 0.717) is 18.2 Å². The van der Waals surface area contributed by atoms with Crippen LogP contribution in [-0.4, -0.2) is 46.5 Å². The number of piperidine rings is 1. The molecule has 158 valence electrons. The van der Waals surface area contributed by atoms with Crippen molar-refractivity contribution in [3.05, 3.63) is 18.0 Å². The summed E-state index contributed by atoms with van der Waals surface area (Å²) in [6, 6.07) is 0. The van der Waals surface area contributed by atoms with Gasteiger partial charge in [0.1, 0.15) is 0 Å². The summed E-state index contributed by atoms with van der Waals surface area (Å²) in [7, 11) is 0. The highest BCUT2D eigenvalue weighted by Crippen LogP contribution is 2.60. The zero-order chi connectivity index (χ0) is 19.8. The van der Waals surface area contributed by atoms with Crippen LogP contribution in [0.4, 0.5) is 0 Å². The molecule has 6 heteroatoms. The van der Waals surface area contributed by atoms with Crippen molar-refractivity contribution in [2.45, 2.75) is 64.2 Å². The van der Waals surface area contributed by atoms with E-state index < -0.39 is 0 Å². The van der Waals surface area contributed by atoms with E-state index in [1.54, 1.807) is 6.20 Å². The Balaban J connectivity index is 1.11. The van der Waals surface area contributed by atoms with Crippen molar-refractivity contribution < 1.29 is 9.59 Å². The van der Waals surface area contributed by atoms with Gasteiger partial charge in [-0.3, -0.25) is 14.7 Å². The standard InChI is InChI=1S/C23H34N4O2/c28-21(4-3-16-13-25-26-14-16)27-5-1-2-17(15-27)12-24-22(29)23-9-18-6-19(10-23)8-20(7-18)11-23/h13-14,17-20H,1-12,15H2,(H,24,29)(H,25,26). The van der Waals surface area contributed by atoms with Crippen LogP contribution in [0.3, 0.4) is 0 Å². The second kappa shape index (κ2) is 7.77. The number of aromatic nitrogens is 2. The maximum absolute atomic E-state index is 13.2. The molecule has 29 heavy (non-hydrogen) atoms. The van der Waals surface area contributed by atoms with E-state index in [-0.39, 0.29) is 11.3 Å². The van der Waals surface area contributed by atoms with Crippen LogP contribution in [0.15, 0.2) is 12.4 Å². The number of hydrogen-bond donors (Lipinski definition) is 2. The second-order valence-electron chi connectivity index (χ2n) is 10.4. The molecule has 1 unspecified atom stereocenters. The Morgan fingerprint density at radius 1 is 1.17 bits per heavy atom. The van der Waals surface area contributed by atoms with E-state index in [2.05, 4.69) is 15.5 Å². The lowest BCUT2D eigenvalue weighted by molar-refractivity contribution is -0.146. The first-order valence-electron chi connectivity index (χ1n) is 11.6. The zero-order valence-electron chi connectivity index (χ0n) is 17.4. The molecule has 1 aliphatic heterocycles. The van der Waals surface area contributed by atoms with Gasteiger partial charge in [0.25, 0.3) is 0 Å². The molecule has 0 spiro atoms. The average Bonchev–Trinajstić information content (AvgIpc) is 3.23. The molecule has 5 aliphatic rings. The smallest absolute Gasteiger partial charge is 0.226 e. The highest BCUT2D eigenvalue weighted by atomic mass is 16.2. The minimum Gasteiger partial charge on any atom is -0.355 e. The fraction of sp³-hybridized carbons (Fsp3) is 0.783. The first-order valence-corrected chi connectivity index (χ1v) is 11.6. The van der Waals surface area contributed by atoms with Crippen molar-refractivity contribution >= 4 is 11.8 Å². The number of nitrogens with zero attached hydrogens (tertiary/aromatic N) is 2. The Labute approximate surface area is 173 Å². The van der Waals surface area contributed by atoms with Gasteiger partial charge >= 0.3 is 0 Å². The summed E-state index contributed by atoms with van der Waals surface area (Å²) in [4.78, 5) is 27.8. The number of aromatic amines is 1. The van der Waals surface area contributed by atoms with E-state index >= 15 is 0 Å². The molecule has 0 radical (unpaired) electrons. The first-order chi connectivity index (χ1) is 14.1. The zero-order valence-corrected chi connectivity index (χ0v) is 17.4. The van der Waals surface area contributed by atoms with Crippen molar-refractivity contribution in [2.24, 2.45) is 29.1 Å². The highest BCUT2D eigenvalue weighted by Gasteiger charge is 2.54. The van der Waals surface area contributed by atoms with E-state index in [4.69, 9.17) is 0 Å². The van der Waals surface area contributed by atoms with Gasteiger partial charge in [-0.05, 0) is 87.0 Å². The molecule has 6 rings (SSSR count). The van der Waals surface area contributed by atoms with E-state index in [9.17, 15) is 9.59 Å². The first kappa shape index (κ1) is 19.1. The van der Waals surface area contributed by atoms with Crippen LogP contribution in [-0.2, 0) is 16.0 Å². The van der Waals surface area contributed by atoms with Crippen LogP contribution in [0.25, 0.3) is 0 Å². The lowest BCUT2D eigenvalue weighted by Crippen LogP contribution is -2.54. The summed E-state index contributed by atoms with van der Waals surface area (Å²) in [6.07, 6.45) is 14.5. The molecule has 2 N–H and O–H groups in total. The quantitative estimate of drug-likeness (QED) is 0.773. The Hall–Kier alpha value is -1.85. The van der Waals surface area contributed by atoms with Crippen molar-refractivity contribution in [2.75, 3.05) is 19.6 Å². The summed E-state index contributed by atoms with van der Waals surface area (Å²) >= 11 is 0. The minimum atomic E-state index is -0.0660. The Morgan fingerprint density at radius 3 is 2.55 bits per heavy atom. The fourth-order valence-electron chi connectivity index (χ4n) is 7.10. The Bertz CT molecular complexity index is 709. The summed E-state index contributed by atoms with van der Waals surface area (Å²) in [5.74, 6) is 3.32. The molecular formula is C23H34N4O2. The van der Waals surface area contributed by atoms with Gasteiger partial charge in [0.2, 0.25) is 11.8 Å². The van der Waals surface area contributed by atoms with Crippen molar-refractivity contribution in [1.29, 1.82) is 0 Å². The molecule has 5 fully saturated rings. The van der Waals surface area contributed by atoms with Crippen molar-refractivity contribution in [3.8, 4) is 0 Å². The van der Waals surface area contributed by atoms with Gasteiger partial charge in [0, 0.05) is 37.7 Å². The second-order valence-corrected chi connectivity index (χ2v) is 10.4. The number of carbonyl (C=O) groups is 2. The van der Waals surface area contributed by atoms with Gasteiger partial charge in [-0.2, -0.15) is 5.10 Å². The molecule has 6 nitrogen and oxygen atoms in total. The van der Waals surface area contributed by atoms with Gasteiger partial charge in [-0.15, -0.1) is 0 Å². The topological polar surface area (TPSA) is 78.1 Å². The molecule has 2 amide bonds. The highest BCUT2D eigenvalue weighted by molar-refractivity contribution is 5.83. The Kier molecular flexibility index (Phi) is 5.12. The summed E-state index contributed by atoms with van der Waals surface area (Å²) in [5.41, 5.74) is 1.01. The summed E-state index contributed by atoms with van der Waals surface area (Å²) in [5, 5.41) is 10.1. The predicted octanol–water partition coefficient (Wildman–Crippen LogP) is 2.91. The van der Waals surface area contributed by atoms with Gasteiger partial charge in [0.05, 0.1) is 6.20 Å². The molecule has 1 atom stereocenters. The molecule has 2 heterocycles. The van der Waals surface area contributed by atoms with Gasteiger partial charge in [-0.1, -0.05) is 0 Å². The van der Waals surface area contributed by atoms with Crippen LogP contribution in [0, 0.1) is 29.1 Å². The monoisotopic (exact) mass is 398 g/mol. The third-order valence-electron chi connectivity index (χ3n) is 8.13. The van der Waals surface area contributed by atoms with Crippen LogP contribution in [0.2, 0.25) is 0 Å². The van der Waals surface area contributed by atoms with E-state index in [1.165, 1.54) is 19.3 Å². The molecule has 4 aliphatic carbocycles. The number of aryl methyl sites for hydroxylation is 1. The third kappa shape index (κ3) is 3.95. The van der Waals surface area contributed by atoms with Crippen LogP contribution in [0.5, 0.6) is 0 Å². The number of nitrogens with one attached hydrogen (secondary N) is 2. The largest absolute Gasteiger partial charge is 0.355 e. The summed E-state index contributed by atoms with van der Waals surface area (Å²) in [6.45, 7) is 2.36. The lowest BCUT2D eigenvalue weighted by atomic mass is 9.49. The molecule has 4 saturated carbocycles. The number of likely N-dealkylation sites (tertiary alicyclic amines) is 1. The maximum atomic E-state index is 13.2. The molecule has 1 aromatic heterocycles. The van der Waals surface area contributed by atoms with E-state index in [0.717, 1.165) is 81.5 Å². The van der Waals surface area contributed by atoms with Crippen molar-refractivity contribution in [1.82, 2.24) is 20.4 Å². The minimum absolute atomic E-state index is 0.0660. The Morgan fingerprint density at radius 2 is 1.90 bits per heavy atom. The van der Waals surface area contributed by atoms with Crippen LogP contribution < -0.4 is 5.32 Å². The average molecular weight is 399 g/mol. The lowest BCUT2D eigenvalue weighted by Gasteiger charge is -2.55. The molecule has 1 saturated heterocycles. The van der Waals surface area contributed by atoms with Gasteiger partial charge < -0.3 is 10.2 Å². The third-order valence-corrected chi connectivity index (χ3v) is 8.13. The van der Waals surface area contributed by atoms with Crippen LogP contribution in [0.1, 0.15) is 63.4 Å². The van der Waals surface area contributed by atoms with Crippen molar-refractivity contribution in [3.63, 3.8) is 0 Å². The molecule has 4 bridgehead atoms. The molecule has 1 aromatic rings. The predicted molar refractivity (Wildman–Crippen MR) is 110 cm³/mol. The van der Waals surface area contributed by atoms with Crippen LogP contribution >= 0.6 is 0 Å². The number of amides is 2. The van der Waals surface area contributed by atoms with Gasteiger partial charge in [-0.25, -0.2) is 0 Å². The summed E-state index contributed by atoms with van der Waals surface area (Å²) < 4.78 is 0. The SMILES string of the molecule is O=C(CCc1cn[nH]c1)N1CCCC(CNC(=O)C23CC4CC(CC(C4)C2)C3)C1. The van der Waals surface area contributed by atoms with Gasteiger partial charge in [0.15, 0.2) is 0 Å². The van der Waals surface area contributed by atoms with E-state index in [1.807, 2.05) is 11.1 Å². The molecular weight excluding hydrogens is 364 g/mol. The number of rotatable bonds is 6.